The topological polar surface area (TPSA) is 86.9 Å². The van der Waals surface area contributed by atoms with Crippen LogP contribution in [0.5, 0.6) is 0 Å². The number of piperazine rings is 1. The Bertz CT molecular complexity index is 1190. The molecule has 1 aromatic carbocycles. The quantitative estimate of drug-likeness (QED) is 0.581. The van der Waals surface area contributed by atoms with Gasteiger partial charge >= 0.3 is 0 Å². The number of piperidine rings is 1. The predicted octanol–water partition coefficient (Wildman–Crippen LogP) is 2.12. The summed E-state index contributed by atoms with van der Waals surface area (Å²) < 4.78 is 14.9. The van der Waals surface area contributed by atoms with Gasteiger partial charge in [-0.05, 0) is 43.2 Å². The molecule has 9 nitrogen and oxygen atoms in total. The first-order chi connectivity index (χ1) is 16.0. The van der Waals surface area contributed by atoms with E-state index in [1.54, 1.807) is 15.7 Å². The van der Waals surface area contributed by atoms with Gasteiger partial charge in [0.05, 0.1) is 10.6 Å². The van der Waals surface area contributed by atoms with Crippen LogP contribution in [0.4, 0.5) is 10.2 Å². The van der Waals surface area contributed by atoms with Gasteiger partial charge in [-0.3, -0.25) is 9.59 Å². The molecule has 4 heterocycles. The van der Waals surface area contributed by atoms with E-state index in [-0.39, 0.29) is 28.3 Å². The summed E-state index contributed by atoms with van der Waals surface area (Å²) in [4.78, 5) is 31.5. The van der Waals surface area contributed by atoms with Gasteiger partial charge in [-0.1, -0.05) is 11.6 Å². The largest absolute Gasteiger partial charge is 0.355 e. The number of nitrogens with zero attached hydrogens (tertiary/aromatic N) is 7. The minimum absolute atomic E-state index is 0.0336. The summed E-state index contributed by atoms with van der Waals surface area (Å²) in [6.07, 6.45) is 3.08. The maximum Gasteiger partial charge on any atom is 0.255 e. The summed E-state index contributed by atoms with van der Waals surface area (Å²) in [5, 5.41) is 12.5. The Morgan fingerprint density at radius 3 is 2.42 bits per heavy atom. The van der Waals surface area contributed by atoms with Crippen molar-refractivity contribution in [2.24, 2.45) is 5.92 Å². The molecule has 172 valence electrons. The van der Waals surface area contributed by atoms with Crippen LogP contribution in [0.3, 0.4) is 0 Å². The number of aromatic nitrogens is 4. The van der Waals surface area contributed by atoms with Crippen molar-refractivity contribution in [3.05, 3.63) is 53.1 Å². The number of hydrogen-bond donors (Lipinski definition) is 0. The van der Waals surface area contributed by atoms with E-state index in [1.807, 2.05) is 17.0 Å². The molecule has 0 atom stereocenters. The molecule has 2 amide bonds. The van der Waals surface area contributed by atoms with Crippen LogP contribution >= 0.6 is 11.6 Å². The number of anilines is 1. The van der Waals surface area contributed by atoms with E-state index in [0.717, 1.165) is 37.8 Å². The van der Waals surface area contributed by atoms with Crippen LogP contribution in [0.25, 0.3) is 5.65 Å². The molecule has 0 aliphatic carbocycles. The molecular formula is C22H23ClFN7O2. The van der Waals surface area contributed by atoms with E-state index < -0.39 is 5.82 Å². The summed E-state index contributed by atoms with van der Waals surface area (Å²) in [6.45, 7) is 3.32. The minimum atomic E-state index is -0.479. The van der Waals surface area contributed by atoms with Gasteiger partial charge in [0, 0.05) is 45.2 Å². The molecule has 2 saturated heterocycles. The molecule has 11 heteroatoms. The minimum Gasteiger partial charge on any atom is -0.355 e. The molecule has 0 radical (unpaired) electrons. The van der Waals surface area contributed by atoms with Gasteiger partial charge in [0.1, 0.15) is 18.0 Å². The third-order valence-electron chi connectivity index (χ3n) is 6.36. The highest BCUT2D eigenvalue weighted by Crippen LogP contribution is 2.25. The van der Waals surface area contributed by atoms with Gasteiger partial charge in [0.15, 0.2) is 5.65 Å². The Balaban J connectivity index is 1.14. The molecule has 0 saturated carbocycles. The van der Waals surface area contributed by atoms with E-state index in [2.05, 4.69) is 20.2 Å². The first-order valence-corrected chi connectivity index (χ1v) is 11.3. The number of hydrogen-bond acceptors (Lipinski definition) is 6. The van der Waals surface area contributed by atoms with E-state index in [9.17, 15) is 14.0 Å². The summed E-state index contributed by atoms with van der Waals surface area (Å²) in [6, 6.07) is 7.58. The number of carbonyl (C=O) groups excluding carboxylic acids is 2. The molecular weight excluding hydrogens is 449 g/mol. The second-order valence-corrected chi connectivity index (χ2v) is 8.74. The fourth-order valence-electron chi connectivity index (χ4n) is 4.46. The SMILES string of the molecule is O=C(c1ccc(F)cc1Cl)N1CCN(C(=O)C2CCN(c3ccc4nncn4n3)CC2)CC1. The summed E-state index contributed by atoms with van der Waals surface area (Å²) >= 11 is 6.04. The van der Waals surface area contributed by atoms with Crippen molar-refractivity contribution in [3.63, 3.8) is 0 Å². The monoisotopic (exact) mass is 471 g/mol. The number of rotatable bonds is 3. The lowest BCUT2D eigenvalue weighted by atomic mass is 9.95. The molecule has 2 aromatic heterocycles. The van der Waals surface area contributed by atoms with Crippen LogP contribution in [0, 0.1) is 11.7 Å². The third kappa shape index (κ3) is 4.35. The lowest BCUT2D eigenvalue weighted by Crippen LogP contribution is -2.53. The molecule has 2 fully saturated rings. The second kappa shape index (κ2) is 8.93. The van der Waals surface area contributed by atoms with Gasteiger partial charge in [-0.2, -0.15) is 4.52 Å². The molecule has 2 aliphatic heterocycles. The maximum absolute atomic E-state index is 13.3. The highest BCUT2D eigenvalue weighted by atomic mass is 35.5. The number of fused-ring (bicyclic) bond motifs is 1. The van der Waals surface area contributed by atoms with Crippen LogP contribution in [0.15, 0.2) is 36.7 Å². The molecule has 5 rings (SSSR count). The third-order valence-corrected chi connectivity index (χ3v) is 6.67. The zero-order chi connectivity index (χ0) is 22.9. The molecule has 2 aliphatic rings. The number of benzene rings is 1. The molecule has 0 bridgehead atoms. The summed E-state index contributed by atoms with van der Waals surface area (Å²) in [5.41, 5.74) is 0.978. The molecule has 33 heavy (non-hydrogen) atoms. The number of amides is 2. The highest BCUT2D eigenvalue weighted by molar-refractivity contribution is 6.33. The van der Waals surface area contributed by atoms with Crippen molar-refractivity contribution in [2.75, 3.05) is 44.2 Å². The fourth-order valence-corrected chi connectivity index (χ4v) is 4.71. The first-order valence-electron chi connectivity index (χ1n) is 10.9. The molecule has 0 N–H and O–H groups in total. The van der Waals surface area contributed by atoms with Gasteiger partial charge in [-0.25, -0.2) is 4.39 Å². The van der Waals surface area contributed by atoms with Gasteiger partial charge in [-0.15, -0.1) is 15.3 Å². The highest BCUT2D eigenvalue weighted by Gasteiger charge is 2.32. The van der Waals surface area contributed by atoms with E-state index >= 15 is 0 Å². The Morgan fingerprint density at radius 2 is 1.70 bits per heavy atom. The van der Waals surface area contributed by atoms with Crippen LogP contribution in [0.2, 0.25) is 5.02 Å². The van der Waals surface area contributed by atoms with Crippen LogP contribution in [-0.2, 0) is 4.79 Å². The average molecular weight is 472 g/mol. The van der Waals surface area contributed by atoms with Crippen molar-refractivity contribution < 1.29 is 14.0 Å². The lowest BCUT2D eigenvalue weighted by Gasteiger charge is -2.38. The van der Waals surface area contributed by atoms with E-state index in [0.29, 0.717) is 31.8 Å². The van der Waals surface area contributed by atoms with Gasteiger partial charge in [0.25, 0.3) is 5.91 Å². The van der Waals surface area contributed by atoms with Crippen molar-refractivity contribution in [1.82, 2.24) is 29.6 Å². The van der Waals surface area contributed by atoms with Crippen LogP contribution in [-0.4, -0.2) is 80.7 Å². The smallest absolute Gasteiger partial charge is 0.255 e. The fraction of sp³-hybridized carbons (Fsp3) is 0.409. The zero-order valence-corrected chi connectivity index (χ0v) is 18.7. The Kier molecular flexibility index (Phi) is 5.84. The zero-order valence-electron chi connectivity index (χ0n) is 17.9. The second-order valence-electron chi connectivity index (χ2n) is 8.33. The van der Waals surface area contributed by atoms with Crippen molar-refractivity contribution in [1.29, 1.82) is 0 Å². The molecule has 3 aromatic rings. The Hall–Kier alpha value is -3.27. The first kappa shape index (κ1) is 21.6. The van der Waals surface area contributed by atoms with Crippen LogP contribution in [0.1, 0.15) is 23.2 Å². The van der Waals surface area contributed by atoms with Crippen LogP contribution < -0.4 is 4.90 Å². The van der Waals surface area contributed by atoms with Gasteiger partial charge < -0.3 is 14.7 Å². The Labute approximate surface area is 194 Å². The maximum atomic E-state index is 13.3. The number of carbonyl (C=O) groups is 2. The Morgan fingerprint density at radius 1 is 0.970 bits per heavy atom. The van der Waals surface area contributed by atoms with E-state index in [4.69, 9.17) is 11.6 Å². The lowest BCUT2D eigenvalue weighted by molar-refractivity contribution is -0.137. The summed E-state index contributed by atoms with van der Waals surface area (Å²) in [7, 11) is 0. The van der Waals surface area contributed by atoms with Crippen molar-refractivity contribution in [3.8, 4) is 0 Å². The van der Waals surface area contributed by atoms with Crippen molar-refractivity contribution >= 4 is 34.9 Å². The van der Waals surface area contributed by atoms with E-state index in [1.165, 1.54) is 12.1 Å². The average Bonchev–Trinajstić information content (AvgIpc) is 3.31. The van der Waals surface area contributed by atoms with Crippen molar-refractivity contribution in [2.45, 2.75) is 12.8 Å². The predicted molar refractivity (Wildman–Crippen MR) is 120 cm³/mol. The normalized spacial score (nSPS) is 17.6. The van der Waals surface area contributed by atoms with Gasteiger partial charge in [0.2, 0.25) is 5.91 Å². The molecule has 0 unspecified atom stereocenters. The standard InChI is InChI=1S/C22H23ClFN7O2/c23-18-13-16(24)1-2-17(18)22(33)30-11-9-29(10-12-30)21(32)15-5-7-28(8-6-15)20-4-3-19-26-25-14-31(19)27-20/h1-4,13-15H,5-12H2. The summed E-state index contributed by atoms with van der Waals surface area (Å²) in [5.74, 6) is 0.239. The molecule has 0 spiro atoms. The number of halogens is 2.